The number of hydrogen-bond donors (Lipinski definition) is 1. The molecule has 0 saturated heterocycles. The molecule has 0 bridgehead atoms. The second-order valence-electron chi connectivity index (χ2n) is 11.0. The van der Waals surface area contributed by atoms with Crippen molar-refractivity contribution in [1.29, 1.82) is 0 Å². The number of aryl methyl sites for hydroxylation is 1. The van der Waals surface area contributed by atoms with E-state index in [-0.39, 0.29) is 23.2 Å². The van der Waals surface area contributed by atoms with Crippen LogP contribution in [0.4, 0.5) is 4.79 Å². The van der Waals surface area contributed by atoms with E-state index in [9.17, 15) is 14.4 Å². The van der Waals surface area contributed by atoms with Crippen molar-refractivity contribution in [2.75, 3.05) is 13.2 Å². The van der Waals surface area contributed by atoms with Crippen molar-refractivity contribution in [3.63, 3.8) is 0 Å². The number of esters is 1. The van der Waals surface area contributed by atoms with Crippen LogP contribution in [0.15, 0.2) is 75.9 Å². The molecule has 9 heteroatoms. The predicted octanol–water partition coefficient (Wildman–Crippen LogP) is 5.97. The van der Waals surface area contributed by atoms with E-state index in [2.05, 4.69) is 5.32 Å². The van der Waals surface area contributed by atoms with Crippen LogP contribution >= 0.6 is 0 Å². The van der Waals surface area contributed by atoms with Gasteiger partial charge < -0.3 is 28.7 Å². The molecule has 0 fully saturated rings. The minimum Gasteiger partial charge on any atom is -0.490 e. The molecule has 1 atom stereocenters. The normalized spacial score (nSPS) is 13.6. The number of carbonyl (C=O) groups is 2. The van der Waals surface area contributed by atoms with E-state index < -0.39 is 23.7 Å². The van der Waals surface area contributed by atoms with Crippen molar-refractivity contribution in [2.45, 2.75) is 52.2 Å². The monoisotopic (exact) mass is 571 g/mol. The van der Waals surface area contributed by atoms with Crippen LogP contribution in [0.3, 0.4) is 0 Å². The fraction of sp³-hybridized carbons (Fsp3) is 0.303. The molecule has 1 aliphatic heterocycles. The van der Waals surface area contributed by atoms with Crippen LogP contribution in [0.5, 0.6) is 17.2 Å². The van der Waals surface area contributed by atoms with Gasteiger partial charge in [0.05, 0.1) is 24.2 Å². The lowest BCUT2D eigenvalue weighted by Crippen LogP contribution is -2.46. The summed E-state index contributed by atoms with van der Waals surface area (Å²) in [4.78, 5) is 39.3. The molecule has 9 nitrogen and oxygen atoms in total. The van der Waals surface area contributed by atoms with Crippen LogP contribution in [0.2, 0.25) is 0 Å². The Hall–Kier alpha value is -4.79. The Morgan fingerprint density at radius 1 is 0.952 bits per heavy atom. The third kappa shape index (κ3) is 6.74. The van der Waals surface area contributed by atoms with Gasteiger partial charge in [0.15, 0.2) is 11.5 Å². The number of rotatable bonds is 6. The van der Waals surface area contributed by atoms with Gasteiger partial charge in [0, 0.05) is 18.9 Å². The van der Waals surface area contributed by atoms with E-state index >= 15 is 0 Å². The summed E-state index contributed by atoms with van der Waals surface area (Å²) in [5.74, 6) is 1.10. The smallest absolute Gasteiger partial charge is 0.408 e. The minimum atomic E-state index is -1.02. The first kappa shape index (κ1) is 28.7. The zero-order chi connectivity index (χ0) is 29.9. The Labute approximate surface area is 243 Å². The van der Waals surface area contributed by atoms with Crippen molar-refractivity contribution in [3.8, 4) is 28.4 Å². The molecular weight excluding hydrogens is 538 g/mol. The zero-order valence-electron chi connectivity index (χ0n) is 24.0. The summed E-state index contributed by atoms with van der Waals surface area (Å²) < 4.78 is 28.6. The molecule has 0 unspecified atom stereocenters. The van der Waals surface area contributed by atoms with Crippen molar-refractivity contribution >= 4 is 23.0 Å². The van der Waals surface area contributed by atoms with Crippen molar-refractivity contribution in [2.24, 2.45) is 0 Å². The maximum atomic E-state index is 13.6. The highest BCUT2D eigenvalue weighted by molar-refractivity contribution is 5.87. The van der Waals surface area contributed by atoms with E-state index in [1.807, 2.05) is 30.3 Å². The van der Waals surface area contributed by atoms with E-state index in [4.69, 9.17) is 23.4 Å². The maximum Gasteiger partial charge on any atom is 0.408 e. The second-order valence-corrected chi connectivity index (χ2v) is 11.0. The molecule has 4 aromatic rings. The van der Waals surface area contributed by atoms with Crippen molar-refractivity contribution in [3.05, 3.63) is 88.3 Å². The van der Waals surface area contributed by atoms with E-state index in [0.29, 0.717) is 47.0 Å². The number of carbonyl (C=O) groups excluding carboxylic acids is 2. The van der Waals surface area contributed by atoms with Crippen LogP contribution < -0.4 is 25.0 Å². The minimum absolute atomic E-state index is 0.169. The van der Waals surface area contributed by atoms with Crippen molar-refractivity contribution in [1.82, 2.24) is 5.32 Å². The molecule has 1 aromatic heterocycles. The summed E-state index contributed by atoms with van der Waals surface area (Å²) in [6.45, 7) is 8.02. The van der Waals surface area contributed by atoms with Crippen LogP contribution in [0.25, 0.3) is 22.1 Å². The Morgan fingerprint density at radius 2 is 1.69 bits per heavy atom. The number of hydrogen-bond acceptors (Lipinski definition) is 8. The number of fused-ring (bicyclic) bond motifs is 2. The van der Waals surface area contributed by atoms with Gasteiger partial charge in [-0.05, 0) is 63.1 Å². The molecular formula is C33H33NO8. The lowest BCUT2D eigenvalue weighted by atomic mass is 10.0. The molecule has 1 aliphatic rings. The van der Waals surface area contributed by atoms with Gasteiger partial charge in [-0.25, -0.2) is 9.59 Å². The predicted molar refractivity (Wildman–Crippen MR) is 157 cm³/mol. The number of benzene rings is 3. The third-order valence-electron chi connectivity index (χ3n) is 6.55. The zero-order valence-corrected chi connectivity index (χ0v) is 24.0. The van der Waals surface area contributed by atoms with Gasteiger partial charge in [0.1, 0.15) is 28.7 Å². The van der Waals surface area contributed by atoms with E-state index in [0.717, 1.165) is 12.0 Å². The first-order chi connectivity index (χ1) is 20.1. The summed E-state index contributed by atoms with van der Waals surface area (Å²) >= 11 is 0. The molecule has 1 amide bonds. The lowest BCUT2D eigenvalue weighted by molar-refractivity contribution is -0.136. The molecule has 5 rings (SSSR count). The quantitative estimate of drug-likeness (QED) is 0.222. The van der Waals surface area contributed by atoms with Gasteiger partial charge in [-0.3, -0.25) is 4.79 Å². The highest BCUT2D eigenvalue weighted by Crippen LogP contribution is 2.35. The first-order valence-electron chi connectivity index (χ1n) is 13.8. The summed E-state index contributed by atoms with van der Waals surface area (Å²) in [5.41, 5.74) is 1.19. The fourth-order valence-corrected chi connectivity index (χ4v) is 4.68. The molecule has 0 aliphatic carbocycles. The Kier molecular flexibility index (Phi) is 8.20. The average molecular weight is 572 g/mol. The highest BCUT2D eigenvalue weighted by Gasteiger charge is 2.27. The van der Waals surface area contributed by atoms with Gasteiger partial charge in [0.2, 0.25) is 5.43 Å². The molecule has 1 N–H and O–H groups in total. The second kappa shape index (κ2) is 12.0. The van der Waals surface area contributed by atoms with E-state index in [1.165, 1.54) is 12.1 Å². The standard InChI is InChI=1S/C33H33NO8/c1-20-29(22-11-14-26-28(18-22)39-16-8-15-38-26)30(35)24-13-12-23(19-27(24)40-20)41-31(36)25(17-21-9-6-5-7-10-21)34-32(37)42-33(2,3)4/h5-7,9-14,18-19,25H,8,15-17H2,1-4H3,(H,34,37)/t25-/m1/s1. The molecule has 0 saturated carbocycles. The largest absolute Gasteiger partial charge is 0.490 e. The Balaban J connectivity index is 1.40. The number of alkyl carbamates (subject to hydrolysis) is 1. The summed E-state index contributed by atoms with van der Waals surface area (Å²) in [6.07, 6.45) is 0.236. The fourth-order valence-electron chi connectivity index (χ4n) is 4.68. The number of nitrogens with one attached hydrogen (secondary N) is 1. The van der Waals surface area contributed by atoms with Gasteiger partial charge >= 0.3 is 12.1 Å². The maximum absolute atomic E-state index is 13.6. The van der Waals surface area contributed by atoms with Crippen molar-refractivity contribution < 1.29 is 33.0 Å². The molecule has 42 heavy (non-hydrogen) atoms. The molecule has 2 heterocycles. The van der Waals surface area contributed by atoms with Gasteiger partial charge in [-0.2, -0.15) is 0 Å². The van der Waals surface area contributed by atoms with Gasteiger partial charge in [-0.1, -0.05) is 36.4 Å². The lowest BCUT2D eigenvalue weighted by Gasteiger charge is -2.23. The van der Waals surface area contributed by atoms with Crippen LogP contribution in [-0.2, 0) is 16.0 Å². The topological polar surface area (TPSA) is 113 Å². The first-order valence-corrected chi connectivity index (χ1v) is 13.8. The van der Waals surface area contributed by atoms with Crippen LogP contribution in [0.1, 0.15) is 38.5 Å². The third-order valence-corrected chi connectivity index (χ3v) is 6.55. The molecule has 0 spiro atoms. The summed E-state index contributed by atoms with van der Waals surface area (Å²) in [7, 11) is 0. The molecule has 218 valence electrons. The summed E-state index contributed by atoms with van der Waals surface area (Å²) in [5, 5.41) is 2.95. The van der Waals surface area contributed by atoms with Crippen LogP contribution in [-0.4, -0.2) is 36.9 Å². The average Bonchev–Trinajstić information content (AvgIpc) is 3.17. The molecule has 0 radical (unpaired) electrons. The molecule has 3 aromatic carbocycles. The number of ether oxygens (including phenoxy) is 4. The van der Waals surface area contributed by atoms with Gasteiger partial charge in [0.25, 0.3) is 0 Å². The highest BCUT2D eigenvalue weighted by atomic mass is 16.6. The number of amides is 1. The SMILES string of the molecule is Cc1oc2cc(OC(=O)[C@@H](Cc3ccccc3)NC(=O)OC(C)(C)C)ccc2c(=O)c1-c1ccc2c(c1)OCCCO2. The Morgan fingerprint density at radius 3 is 2.43 bits per heavy atom. The summed E-state index contributed by atoms with van der Waals surface area (Å²) in [6, 6.07) is 18.2. The van der Waals surface area contributed by atoms with Crippen LogP contribution in [0, 0.1) is 6.92 Å². The van der Waals surface area contributed by atoms with E-state index in [1.54, 1.807) is 52.0 Å². The van der Waals surface area contributed by atoms with Gasteiger partial charge in [-0.15, -0.1) is 0 Å². The Bertz CT molecular complexity index is 1670.